The molecule has 5 aromatic rings. The molecule has 0 aliphatic rings. The maximum absolute atomic E-state index is 14.1. The Hall–Kier alpha value is -3.60. The Bertz CT molecular complexity index is 1590. The van der Waals surface area contributed by atoms with Gasteiger partial charge in [0, 0.05) is 18.4 Å². The lowest BCUT2D eigenvalue weighted by molar-refractivity contribution is -0.135. The highest BCUT2D eigenvalue weighted by Gasteiger charge is 2.37. The van der Waals surface area contributed by atoms with Crippen molar-refractivity contribution in [2.45, 2.75) is 6.92 Å². The molecule has 0 bridgehead atoms. The fourth-order valence-electron chi connectivity index (χ4n) is 4.89. The summed E-state index contributed by atoms with van der Waals surface area (Å²) in [4.78, 5) is 28.2. The van der Waals surface area contributed by atoms with Gasteiger partial charge >= 0.3 is 5.97 Å². The zero-order valence-corrected chi connectivity index (χ0v) is 23.0. The smallest absolute Gasteiger partial charge is 0.358 e. The van der Waals surface area contributed by atoms with Gasteiger partial charge in [0.2, 0.25) is 0 Å². The summed E-state index contributed by atoms with van der Waals surface area (Å²) < 4.78 is 9.81. The number of esters is 1. The third-order valence-electron chi connectivity index (χ3n) is 6.44. The van der Waals surface area contributed by atoms with E-state index in [2.05, 4.69) is 15.9 Å². The first-order valence-corrected chi connectivity index (χ1v) is 14.6. The van der Waals surface area contributed by atoms with Crippen LogP contribution in [0.3, 0.4) is 0 Å². The Morgan fingerprint density at radius 3 is 1.76 bits per heavy atom. The fraction of sp³-hybridized carbons (Fsp3) is 0.100. The molecule has 37 heavy (non-hydrogen) atoms. The molecule has 7 heteroatoms. The number of ether oxygens (including phenoxy) is 1. The molecule has 5 rings (SSSR count). The van der Waals surface area contributed by atoms with Crippen LogP contribution in [-0.4, -0.2) is 27.4 Å². The molecule has 0 amide bonds. The van der Waals surface area contributed by atoms with Gasteiger partial charge in [0.1, 0.15) is 0 Å². The predicted octanol–water partition coefficient (Wildman–Crippen LogP) is 4.64. The molecule has 0 N–H and O–H groups in total. The molecule has 5 nitrogen and oxygen atoms in total. The molecule has 0 atom stereocenters. The summed E-state index contributed by atoms with van der Waals surface area (Å²) >= 11 is 3.49. The van der Waals surface area contributed by atoms with Crippen LogP contribution >= 0.6 is 22.8 Å². The number of benzene rings is 4. The van der Waals surface area contributed by atoms with E-state index in [-0.39, 0.29) is 12.2 Å². The topological polar surface area (TPSA) is 53.2 Å². The first-order valence-electron chi connectivity index (χ1n) is 12.0. The number of hydrogen-bond acceptors (Lipinski definition) is 3. The van der Waals surface area contributed by atoms with Gasteiger partial charge in [-0.2, -0.15) is 0 Å². The van der Waals surface area contributed by atoms with Crippen LogP contribution < -0.4 is 21.5 Å². The number of rotatable bonds is 6. The molecule has 0 saturated heterocycles. The van der Waals surface area contributed by atoms with Gasteiger partial charge in [-0.25, -0.2) is 9.48 Å². The van der Waals surface area contributed by atoms with Gasteiger partial charge in [0.15, 0.2) is 5.42 Å². The van der Waals surface area contributed by atoms with Crippen molar-refractivity contribution in [3.05, 3.63) is 124 Å². The molecule has 0 spiro atoms. The Morgan fingerprint density at radius 1 is 0.811 bits per heavy atom. The van der Waals surface area contributed by atoms with Gasteiger partial charge in [-0.15, -0.1) is 0 Å². The highest BCUT2D eigenvalue weighted by molar-refractivity contribution is 9.10. The van der Waals surface area contributed by atoms with E-state index in [1.165, 1.54) is 4.68 Å². The van der Waals surface area contributed by atoms with Crippen LogP contribution in [0.2, 0.25) is 0 Å². The van der Waals surface area contributed by atoms with Crippen LogP contribution in [-0.2, 0) is 16.6 Å². The van der Waals surface area contributed by atoms with E-state index in [9.17, 15) is 9.59 Å². The van der Waals surface area contributed by atoms with Crippen molar-refractivity contribution in [3.8, 4) is 0 Å². The van der Waals surface area contributed by atoms with E-state index in [1.54, 1.807) is 17.7 Å². The maximum atomic E-state index is 14.1. The van der Waals surface area contributed by atoms with Gasteiger partial charge in [-0.1, -0.05) is 107 Å². The van der Waals surface area contributed by atoms with Crippen molar-refractivity contribution in [3.63, 3.8) is 0 Å². The van der Waals surface area contributed by atoms with Crippen molar-refractivity contribution in [1.82, 2.24) is 9.36 Å². The molecule has 0 radical (unpaired) electrons. The highest BCUT2D eigenvalue weighted by Crippen LogP contribution is 2.46. The molecule has 4 aromatic carbocycles. The number of carbonyl (C=O) groups excluding carboxylic acids is 1. The van der Waals surface area contributed by atoms with Crippen LogP contribution in [0, 0.1) is 0 Å². The Balaban J connectivity index is 2.13. The highest BCUT2D eigenvalue weighted by atomic mass is 79.9. The van der Waals surface area contributed by atoms with Gasteiger partial charge in [-0.3, -0.25) is 9.48 Å². The molecular formula is C30H26BrN2O3P. The molecule has 1 aromatic heterocycles. The first-order chi connectivity index (χ1) is 18.0. The summed E-state index contributed by atoms with van der Waals surface area (Å²) in [6, 6.07) is 35.5. The van der Waals surface area contributed by atoms with E-state index in [4.69, 9.17) is 4.74 Å². The van der Waals surface area contributed by atoms with Gasteiger partial charge in [-0.05, 0) is 41.0 Å². The number of aromatic nitrogens is 2. The zero-order valence-electron chi connectivity index (χ0n) is 20.5. The van der Waals surface area contributed by atoms with Crippen LogP contribution in [0.4, 0.5) is 0 Å². The number of carbonyl (C=O) groups is 1. The first kappa shape index (κ1) is 25.1. The lowest BCUT2D eigenvalue weighted by Crippen LogP contribution is -2.43. The lowest BCUT2D eigenvalue weighted by atomic mass is 10.2. The van der Waals surface area contributed by atoms with E-state index >= 15 is 0 Å². The lowest BCUT2D eigenvalue weighted by Gasteiger charge is -2.32. The molecule has 0 unspecified atom stereocenters. The van der Waals surface area contributed by atoms with E-state index in [0.29, 0.717) is 10.8 Å². The second-order valence-corrected chi connectivity index (χ2v) is 12.8. The molecule has 0 aliphatic heterocycles. The van der Waals surface area contributed by atoms with E-state index < -0.39 is 12.9 Å². The fourth-order valence-corrected chi connectivity index (χ4v) is 9.58. The van der Waals surface area contributed by atoms with Crippen LogP contribution in [0.1, 0.15) is 6.92 Å². The third-order valence-corrected chi connectivity index (χ3v) is 11.2. The van der Waals surface area contributed by atoms with Crippen molar-refractivity contribution >= 4 is 61.0 Å². The average Bonchev–Trinajstić information content (AvgIpc) is 3.17. The molecule has 0 aliphatic carbocycles. The summed E-state index contributed by atoms with van der Waals surface area (Å²) in [5, 5.41) is 3.38. The van der Waals surface area contributed by atoms with Crippen molar-refractivity contribution in [1.29, 1.82) is 0 Å². The number of aryl methyl sites for hydroxylation is 1. The molecule has 186 valence electrons. The zero-order chi connectivity index (χ0) is 26.0. The Kier molecular flexibility index (Phi) is 7.05. The quantitative estimate of drug-likeness (QED) is 0.220. The van der Waals surface area contributed by atoms with E-state index in [1.807, 2.05) is 110 Å². The second-order valence-electron chi connectivity index (χ2n) is 8.52. The molecule has 1 heterocycles. The summed E-state index contributed by atoms with van der Waals surface area (Å²) in [5.74, 6) is -0.514. The number of nitrogens with zero attached hydrogens (tertiary/aromatic N) is 2. The maximum Gasteiger partial charge on any atom is 0.358 e. The second kappa shape index (κ2) is 10.4. The minimum Gasteiger partial charge on any atom is -0.461 e. The Labute approximate surface area is 224 Å². The summed E-state index contributed by atoms with van der Waals surface area (Å²) in [5.41, 5.74) is 0.772. The summed E-state index contributed by atoms with van der Waals surface area (Å²) in [6.07, 6.45) is 0. The standard InChI is InChI=1S/C30H26BrN2O3P/c1-3-36-30(35)29(33-28(34)26-21-22(31)19-20-27(26)32(33)2)37(23-13-7-4-8-14-23,24-15-9-5-10-16-24)25-17-11-6-12-18-25/h4-21H,3H2,1-2H3. The molecular weight excluding hydrogens is 547 g/mol. The summed E-state index contributed by atoms with van der Waals surface area (Å²) in [7, 11) is 1.81. The minimum absolute atomic E-state index is 0.185. The Morgan fingerprint density at radius 2 is 1.30 bits per heavy atom. The monoisotopic (exact) mass is 572 g/mol. The van der Waals surface area contributed by atoms with Crippen molar-refractivity contribution in [2.75, 3.05) is 6.61 Å². The number of halogens is 1. The summed E-state index contributed by atoms with van der Waals surface area (Å²) in [6.45, 7) is -0.952. The van der Waals surface area contributed by atoms with Crippen LogP contribution in [0.25, 0.3) is 10.9 Å². The SMILES string of the molecule is CCOC(=O)C(n1c(=O)c2cc(Br)ccc2n1C)=P(c1ccccc1)(c1ccccc1)c1ccccc1. The van der Waals surface area contributed by atoms with Crippen molar-refractivity contribution < 1.29 is 9.53 Å². The molecule has 0 fully saturated rings. The average molecular weight is 573 g/mol. The molecule has 0 saturated carbocycles. The predicted molar refractivity (Wildman–Crippen MR) is 157 cm³/mol. The third kappa shape index (κ3) is 4.20. The number of hydrogen-bond donors (Lipinski definition) is 0. The minimum atomic E-state index is -2.92. The normalized spacial score (nSPS) is 11.4. The van der Waals surface area contributed by atoms with Crippen LogP contribution in [0.15, 0.2) is 118 Å². The van der Waals surface area contributed by atoms with Crippen LogP contribution in [0.5, 0.6) is 0 Å². The van der Waals surface area contributed by atoms with Gasteiger partial charge in [0.25, 0.3) is 5.56 Å². The van der Waals surface area contributed by atoms with E-state index in [0.717, 1.165) is 25.9 Å². The largest absolute Gasteiger partial charge is 0.461 e. The number of fused-ring (bicyclic) bond motifs is 1. The van der Waals surface area contributed by atoms with Gasteiger partial charge in [0.05, 0.1) is 17.5 Å². The van der Waals surface area contributed by atoms with Gasteiger partial charge < -0.3 is 4.74 Å². The van der Waals surface area contributed by atoms with Crippen molar-refractivity contribution in [2.24, 2.45) is 7.05 Å².